The second-order valence-corrected chi connectivity index (χ2v) is 5.34. The van der Waals surface area contributed by atoms with Crippen molar-refractivity contribution in [2.24, 2.45) is 5.92 Å². The Hall–Kier alpha value is -1.47. The number of hydrogen-bond donors (Lipinski definition) is 2. The third-order valence-corrected chi connectivity index (χ3v) is 3.50. The zero-order chi connectivity index (χ0) is 15.9. The van der Waals surface area contributed by atoms with Gasteiger partial charge in [0.1, 0.15) is 0 Å². The van der Waals surface area contributed by atoms with Crippen LogP contribution in [0.4, 0.5) is 18.0 Å². The Balaban J connectivity index is 2.12. The molecule has 0 spiro atoms. The van der Waals surface area contributed by atoms with Crippen LogP contribution in [-0.2, 0) is 4.79 Å². The molecule has 1 heterocycles. The van der Waals surface area contributed by atoms with Gasteiger partial charge in [0, 0.05) is 32.5 Å². The van der Waals surface area contributed by atoms with Crippen LogP contribution in [0.3, 0.4) is 0 Å². The van der Waals surface area contributed by atoms with Gasteiger partial charge >= 0.3 is 18.2 Å². The van der Waals surface area contributed by atoms with Crippen molar-refractivity contribution in [3.63, 3.8) is 0 Å². The fourth-order valence-electron chi connectivity index (χ4n) is 2.34. The van der Waals surface area contributed by atoms with Crippen LogP contribution in [0.15, 0.2) is 0 Å². The highest BCUT2D eigenvalue weighted by molar-refractivity contribution is 5.74. The molecule has 0 radical (unpaired) electrons. The van der Waals surface area contributed by atoms with Crippen LogP contribution < -0.4 is 5.32 Å². The fourth-order valence-corrected chi connectivity index (χ4v) is 2.34. The molecule has 0 bridgehead atoms. The number of carbonyl (C=O) groups is 2. The van der Waals surface area contributed by atoms with Crippen molar-refractivity contribution in [2.75, 3.05) is 19.6 Å². The van der Waals surface area contributed by atoms with Gasteiger partial charge in [-0.15, -0.1) is 0 Å². The number of carbonyl (C=O) groups excluding carboxylic acids is 1. The Morgan fingerprint density at radius 3 is 2.62 bits per heavy atom. The van der Waals surface area contributed by atoms with E-state index in [1.54, 1.807) is 4.90 Å². The van der Waals surface area contributed by atoms with Gasteiger partial charge in [-0.05, 0) is 31.6 Å². The molecule has 0 aromatic heterocycles. The largest absolute Gasteiger partial charge is 0.481 e. The number of nitrogens with one attached hydrogen (secondary N) is 1. The van der Waals surface area contributed by atoms with Gasteiger partial charge in [0.2, 0.25) is 0 Å². The number of rotatable bonds is 7. The van der Waals surface area contributed by atoms with E-state index >= 15 is 0 Å². The Bertz CT molecular complexity index is 361. The minimum Gasteiger partial charge on any atom is -0.481 e. The summed E-state index contributed by atoms with van der Waals surface area (Å²) in [6.07, 6.45) is -3.26. The zero-order valence-corrected chi connectivity index (χ0v) is 11.8. The van der Waals surface area contributed by atoms with Crippen molar-refractivity contribution in [1.29, 1.82) is 0 Å². The number of unbranched alkanes of at least 4 members (excludes halogenated alkanes) is 1. The van der Waals surface area contributed by atoms with Crippen molar-refractivity contribution in [1.82, 2.24) is 10.2 Å². The highest BCUT2D eigenvalue weighted by atomic mass is 19.4. The maximum atomic E-state index is 11.9. The Kier molecular flexibility index (Phi) is 6.77. The maximum absolute atomic E-state index is 11.9. The van der Waals surface area contributed by atoms with Crippen molar-refractivity contribution < 1.29 is 27.9 Å². The summed E-state index contributed by atoms with van der Waals surface area (Å²) in [7, 11) is 0. The summed E-state index contributed by atoms with van der Waals surface area (Å²) < 4.78 is 35.8. The summed E-state index contributed by atoms with van der Waals surface area (Å²) in [4.78, 5) is 23.8. The summed E-state index contributed by atoms with van der Waals surface area (Å²) >= 11 is 0. The molecule has 1 aliphatic rings. The van der Waals surface area contributed by atoms with Crippen molar-refractivity contribution >= 4 is 12.0 Å². The van der Waals surface area contributed by atoms with E-state index in [9.17, 15) is 22.8 Å². The summed E-state index contributed by atoms with van der Waals surface area (Å²) in [5.74, 6) is -0.653. The highest BCUT2D eigenvalue weighted by Crippen LogP contribution is 2.22. The van der Waals surface area contributed by atoms with Crippen LogP contribution in [0.5, 0.6) is 0 Å². The van der Waals surface area contributed by atoms with Gasteiger partial charge in [0.15, 0.2) is 0 Å². The molecule has 0 aromatic carbocycles. The molecule has 21 heavy (non-hydrogen) atoms. The van der Waals surface area contributed by atoms with E-state index in [2.05, 4.69) is 5.32 Å². The van der Waals surface area contributed by atoms with Crippen LogP contribution in [0.25, 0.3) is 0 Å². The molecular formula is C13H21F3N2O3. The number of carboxylic acids is 1. The average molecular weight is 310 g/mol. The Morgan fingerprint density at radius 2 is 2.00 bits per heavy atom. The molecule has 1 saturated heterocycles. The second-order valence-electron chi connectivity index (χ2n) is 5.34. The maximum Gasteiger partial charge on any atom is 0.389 e. The molecule has 1 rings (SSSR count). The molecule has 1 fully saturated rings. The number of likely N-dealkylation sites (tertiary alicyclic amines) is 1. The monoisotopic (exact) mass is 310 g/mol. The summed E-state index contributed by atoms with van der Waals surface area (Å²) in [5, 5.41) is 11.2. The quantitative estimate of drug-likeness (QED) is 0.710. The van der Waals surface area contributed by atoms with Gasteiger partial charge in [0.05, 0.1) is 0 Å². The van der Waals surface area contributed by atoms with Crippen LogP contribution in [0.1, 0.15) is 38.5 Å². The van der Waals surface area contributed by atoms with Crippen LogP contribution in [-0.4, -0.2) is 47.8 Å². The summed E-state index contributed by atoms with van der Waals surface area (Å²) in [5.41, 5.74) is 0. The fraction of sp³-hybridized carbons (Fsp3) is 0.846. The molecule has 2 amide bonds. The lowest BCUT2D eigenvalue weighted by molar-refractivity contribution is -0.137. The molecule has 1 aliphatic heterocycles. The number of amides is 2. The SMILES string of the molecule is O=C(O)CCC1CCN(C(=O)NCCCCC(F)(F)F)C1. The Labute approximate surface area is 121 Å². The number of hydrogen-bond acceptors (Lipinski definition) is 2. The third-order valence-electron chi connectivity index (χ3n) is 3.50. The first-order chi connectivity index (χ1) is 9.78. The predicted octanol–water partition coefficient (Wildman–Crippen LogP) is 2.62. The van der Waals surface area contributed by atoms with Gasteiger partial charge in [-0.1, -0.05) is 0 Å². The molecule has 0 aliphatic carbocycles. The summed E-state index contributed by atoms with van der Waals surface area (Å²) in [6, 6.07) is -0.278. The second kappa shape index (κ2) is 8.09. The van der Waals surface area contributed by atoms with Gasteiger partial charge in [-0.2, -0.15) is 13.2 Å². The van der Waals surface area contributed by atoms with E-state index in [1.165, 1.54) is 0 Å². The molecular weight excluding hydrogens is 289 g/mol. The molecule has 5 nitrogen and oxygen atoms in total. The molecule has 8 heteroatoms. The van der Waals surface area contributed by atoms with E-state index in [-0.39, 0.29) is 31.3 Å². The lowest BCUT2D eigenvalue weighted by Gasteiger charge is -2.17. The smallest absolute Gasteiger partial charge is 0.389 e. The summed E-state index contributed by atoms with van der Waals surface area (Å²) in [6.45, 7) is 1.31. The van der Waals surface area contributed by atoms with Crippen LogP contribution >= 0.6 is 0 Å². The number of halogens is 3. The molecule has 0 aromatic rings. The van der Waals surface area contributed by atoms with E-state index in [0.717, 1.165) is 6.42 Å². The topological polar surface area (TPSA) is 69.6 Å². The number of alkyl halides is 3. The van der Waals surface area contributed by atoms with Crippen molar-refractivity contribution in [2.45, 2.75) is 44.7 Å². The van der Waals surface area contributed by atoms with Gasteiger partial charge in [-0.3, -0.25) is 4.79 Å². The first-order valence-electron chi connectivity index (χ1n) is 7.09. The van der Waals surface area contributed by atoms with E-state index in [4.69, 9.17) is 5.11 Å². The molecule has 0 saturated carbocycles. The van der Waals surface area contributed by atoms with Crippen molar-refractivity contribution in [3.8, 4) is 0 Å². The standard InChI is InChI=1S/C13H21F3N2O3/c14-13(15,16)6-1-2-7-17-12(21)18-8-5-10(9-18)3-4-11(19)20/h10H,1-9H2,(H,17,21)(H,19,20). The minimum atomic E-state index is -4.14. The number of aliphatic carboxylic acids is 1. The number of carboxylic acid groups (broad SMARTS) is 1. The predicted molar refractivity (Wildman–Crippen MR) is 69.9 cm³/mol. The normalized spacial score (nSPS) is 18.8. The molecule has 1 unspecified atom stereocenters. The van der Waals surface area contributed by atoms with E-state index in [1.807, 2.05) is 0 Å². The van der Waals surface area contributed by atoms with Gasteiger partial charge in [-0.25, -0.2) is 4.79 Å². The van der Waals surface area contributed by atoms with Crippen LogP contribution in [0, 0.1) is 5.92 Å². The number of nitrogens with zero attached hydrogens (tertiary/aromatic N) is 1. The first kappa shape index (κ1) is 17.6. The molecule has 122 valence electrons. The third kappa shape index (κ3) is 7.77. The zero-order valence-electron chi connectivity index (χ0n) is 11.8. The number of urea groups is 1. The van der Waals surface area contributed by atoms with Crippen molar-refractivity contribution in [3.05, 3.63) is 0 Å². The minimum absolute atomic E-state index is 0.00498. The average Bonchev–Trinajstić information content (AvgIpc) is 2.83. The van der Waals surface area contributed by atoms with E-state index in [0.29, 0.717) is 25.9 Å². The van der Waals surface area contributed by atoms with E-state index < -0.39 is 18.6 Å². The molecule has 2 N–H and O–H groups in total. The first-order valence-corrected chi connectivity index (χ1v) is 7.09. The van der Waals surface area contributed by atoms with Gasteiger partial charge in [0.25, 0.3) is 0 Å². The van der Waals surface area contributed by atoms with Gasteiger partial charge < -0.3 is 15.3 Å². The molecule has 1 atom stereocenters. The van der Waals surface area contributed by atoms with Crippen LogP contribution in [0.2, 0.25) is 0 Å². The lowest BCUT2D eigenvalue weighted by atomic mass is 10.0. The Morgan fingerprint density at radius 1 is 1.29 bits per heavy atom. The lowest BCUT2D eigenvalue weighted by Crippen LogP contribution is -2.39. The highest BCUT2D eigenvalue weighted by Gasteiger charge is 2.27.